The quantitative estimate of drug-likeness (QED) is 0.442. The third-order valence-corrected chi connectivity index (χ3v) is 8.99. The Kier molecular flexibility index (Phi) is 9.00. The molecule has 2 aromatic carbocycles. The number of carbonyl (C=O) groups is 2. The maximum Gasteiger partial charge on any atom is 0.254 e. The molecular formula is C29H34ClN5O5S. The van der Waals surface area contributed by atoms with Crippen LogP contribution in [0.5, 0.6) is 0 Å². The first-order chi connectivity index (χ1) is 19.3. The van der Waals surface area contributed by atoms with Gasteiger partial charge in [-0.15, -0.1) is 0 Å². The summed E-state index contributed by atoms with van der Waals surface area (Å²) in [6.07, 6.45) is 1.43. The SMILES string of the molecule is CCS(=O)(=O)N1CCN(C(=O)c2cccc(Cn3cnc(-c4ccc(Cl)cc4NC(=O)C(C)(C)C)cc3=O)c2)CC1. The molecular weight excluding hydrogens is 566 g/mol. The molecule has 2 heterocycles. The Labute approximate surface area is 245 Å². The number of sulfonamides is 1. The van der Waals surface area contributed by atoms with Gasteiger partial charge in [-0.1, -0.05) is 44.5 Å². The summed E-state index contributed by atoms with van der Waals surface area (Å²) in [6.45, 7) is 8.37. The number of hydrogen-bond donors (Lipinski definition) is 1. The van der Waals surface area contributed by atoms with E-state index in [2.05, 4.69) is 10.3 Å². The van der Waals surface area contributed by atoms with E-state index in [0.29, 0.717) is 40.6 Å². The van der Waals surface area contributed by atoms with Crippen LogP contribution in [0.3, 0.4) is 0 Å². The number of rotatable bonds is 7. The zero-order valence-electron chi connectivity index (χ0n) is 23.6. The fraction of sp³-hybridized carbons (Fsp3) is 0.379. The van der Waals surface area contributed by atoms with Crippen LogP contribution in [0, 0.1) is 5.41 Å². The van der Waals surface area contributed by atoms with Crippen LogP contribution in [0.25, 0.3) is 11.3 Å². The molecule has 4 rings (SSSR count). The van der Waals surface area contributed by atoms with E-state index < -0.39 is 15.4 Å². The zero-order chi connectivity index (χ0) is 29.9. The summed E-state index contributed by atoms with van der Waals surface area (Å²) >= 11 is 6.17. The second-order valence-electron chi connectivity index (χ2n) is 10.9. The number of amides is 2. The van der Waals surface area contributed by atoms with Gasteiger partial charge in [-0.2, -0.15) is 4.31 Å². The van der Waals surface area contributed by atoms with Gasteiger partial charge in [0.15, 0.2) is 0 Å². The van der Waals surface area contributed by atoms with Crippen molar-refractivity contribution >= 4 is 39.1 Å². The smallest absolute Gasteiger partial charge is 0.254 e. The highest BCUT2D eigenvalue weighted by atomic mass is 35.5. The summed E-state index contributed by atoms with van der Waals surface area (Å²) in [4.78, 5) is 44.9. The average Bonchev–Trinajstić information content (AvgIpc) is 2.93. The molecule has 3 aromatic rings. The largest absolute Gasteiger partial charge is 0.336 e. The van der Waals surface area contributed by atoms with Crippen LogP contribution in [0.15, 0.2) is 59.7 Å². The van der Waals surface area contributed by atoms with Gasteiger partial charge in [-0.25, -0.2) is 13.4 Å². The molecule has 1 saturated heterocycles. The molecule has 1 N–H and O–H groups in total. The molecule has 218 valence electrons. The lowest BCUT2D eigenvalue weighted by molar-refractivity contribution is -0.123. The van der Waals surface area contributed by atoms with Gasteiger partial charge in [0, 0.05) is 53.8 Å². The lowest BCUT2D eigenvalue weighted by Crippen LogP contribution is -2.50. The summed E-state index contributed by atoms with van der Waals surface area (Å²) in [5, 5.41) is 3.32. The highest BCUT2D eigenvalue weighted by Gasteiger charge is 2.28. The second-order valence-corrected chi connectivity index (χ2v) is 13.6. The molecule has 0 unspecified atom stereocenters. The molecule has 0 atom stereocenters. The molecule has 0 saturated carbocycles. The Morgan fingerprint density at radius 3 is 2.37 bits per heavy atom. The maximum absolute atomic E-state index is 13.1. The molecule has 0 aliphatic carbocycles. The van der Waals surface area contributed by atoms with E-state index in [1.165, 1.54) is 21.3 Å². The number of nitrogens with zero attached hydrogens (tertiary/aromatic N) is 4. The fourth-order valence-electron chi connectivity index (χ4n) is 4.38. The molecule has 0 radical (unpaired) electrons. The minimum atomic E-state index is -3.28. The van der Waals surface area contributed by atoms with Gasteiger partial charge in [0.25, 0.3) is 11.5 Å². The predicted molar refractivity (Wildman–Crippen MR) is 160 cm³/mol. The van der Waals surface area contributed by atoms with Gasteiger partial charge < -0.3 is 10.2 Å². The van der Waals surface area contributed by atoms with Crippen molar-refractivity contribution in [1.29, 1.82) is 0 Å². The topological polar surface area (TPSA) is 122 Å². The Hall–Kier alpha value is -3.54. The van der Waals surface area contributed by atoms with Gasteiger partial charge in [-0.3, -0.25) is 19.0 Å². The summed E-state index contributed by atoms with van der Waals surface area (Å²) in [7, 11) is -3.28. The highest BCUT2D eigenvalue weighted by Crippen LogP contribution is 2.30. The molecule has 0 bridgehead atoms. The maximum atomic E-state index is 13.1. The average molecular weight is 600 g/mol. The molecule has 1 aliphatic heterocycles. The van der Waals surface area contributed by atoms with Gasteiger partial charge in [0.05, 0.1) is 30.0 Å². The Morgan fingerprint density at radius 1 is 1.02 bits per heavy atom. The highest BCUT2D eigenvalue weighted by molar-refractivity contribution is 7.89. The van der Waals surface area contributed by atoms with Crippen molar-refractivity contribution in [2.75, 3.05) is 37.2 Å². The van der Waals surface area contributed by atoms with Crippen molar-refractivity contribution in [2.45, 2.75) is 34.2 Å². The number of piperazine rings is 1. The van der Waals surface area contributed by atoms with E-state index in [1.54, 1.807) is 69.0 Å². The van der Waals surface area contributed by atoms with Crippen molar-refractivity contribution < 1.29 is 18.0 Å². The van der Waals surface area contributed by atoms with E-state index in [9.17, 15) is 22.8 Å². The van der Waals surface area contributed by atoms with E-state index in [4.69, 9.17) is 11.6 Å². The number of nitrogens with one attached hydrogen (secondary N) is 1. The molecule has 2 amide bonds. The van der Waals surface area contributed by atoms with E-state index >= 15 is 0 Å². The zero-order valence-corrected chi connectivity index (χ0v) is 25.1. The number of carbonyl (C=O) groups excluding carboxylic acids is 2. The second kappa shape index (κ2) is 12.1. The summed E-state index contributed by atoms with van der Waals surface area (Å²) in [5.41, 5.74) is 1.69. The Balaban J connectivity index is 1.50. The predicted octanol–water partition coefficient (Wildman–Crippen LogP) is 3.70. The molecule has 41 heavy (non-hydrogen) atoms. The van der Waals surface area contributed by atoms with Crippen LogP contribution in [0.4, 0.5) is 5.69 Å². The van der Waals surface area contributed by atoms with Crippen molar-refractivity contribution in [3.05, 3.63) is 81.4 Å². The monoisotopic (exact) mass is 599 g/mol. The van der Waals surface area contributed by atoms with Crippen LogP contribution in [-0.4, -0.2) is 70.9 Å². The number of anilines is 1. The van der Waals surface area contributed by atoms with Gasteiger partial charge in [0.1, 0.15) is 0 Å². The normalized spacial score (nSPS) is 14.6. The van der Waals surface area contributed by atoms with Crippen LogP contribution < -0.4 is 10.9 Å². The number of benzene rings is 2. The van der Waals surface area contributed by atoms with Crippen LogP contribution in [-0.2, 0) is 21.4 Å². The van der Waals surface area contributed by atoms with Crippen molar-refractivity contribution in [2.24, 2.45) is 5.41 Å². The number of halogens is 1. The Bertz CT molecular complexity index is 1620. The summed E-state index contributed by atoms with van der Waals surface area (Å²) in [5.74, 6) is -0.349. The molecule has 1 aromatic heterocycles. The van der Waals surface area contributed by atoms with Crippen LogP contribution in [0.1, 0.15) is 43.6 Å². The first-order valence-electron chi connectivity index (χ1n) is 13.3. The minimum Gasteiger partial charge on any atom is -0.336 e. The van der Waals surface area contributed by atoms with Gasteiger partial charge in [0.2, 0.25) is 15.9 Å². The number of hydrogen-bond acceptors (Lipinski definition) is 6. The minimum absolute atomic E-state index is 0.0345. The van der Waals surface area contributed by atoms with E-state index in [-0.39, 0.29) is 42.8 Å². The molecule has 0 spiro atoms. The van der Waals surface area contributed by atoms with Gasteiger partial charge in [-0.05, 0) is 42.8 Å². The Morgan fingerprint density at radius 2 is 1.73 bits per heavy atom. The van der Waals surface area contributed by atoms with Gasteiger partial charge >= 0.3 is 0 Å². The summed E-state index contributed by atoms with van der Waals surface area (Å²) < 4.78 is 27.1. The summed E-state index contributed by atoms with van der Waals surface area (Å²) in [6, 6.07) is 13.4. The molecule has 1 aliphatic rings. The van der Waals surface area contributed by atoms with E-state index in [1.807, 2.05) is 6.07 Å². The van der Waals surface area contributed by atoms with Crippen molar-refractivity contribution in [1.82, 2.24) is 18.8 Å². The number of aromatic nitrogens is 2. The standard InChI is InChI=1S/C29H34ClN5O5S/c1-5-41(39,40)35-13-11-33(12-14-35)27(37)21-8-6-7-20(15-21)18-34-19-31-24(17-26(34)36)23-10-9-22(30)16-25(23)32-28(38)29(2,3)4/h6-10,15-17,19H,5,11-14,18H2,1-4H3,(H,32,38). The van der Waals surface area contributed by atoms with Crippen molar-refractivity contribution in [3.63, 3.8) is 0 Å². The first-order valence-corrected chi connectivity index (χ1v) is 15.3. The third-order valence-electron chi connectivity index (χ3n) is 6.88. The lowest BCUT2D eigenvalue weighted by atomic mass is 9.95. The third kappa shape index (κ3) is 7.22. The lowest BCUT2D eigenvalue weighted by Gasteiger charge is -2.33. The molecule has 12 heteroatoms. The van der Waals surface area contributed by atoms with Crippen LogP contribution >= 0.6 is 11.6 Å². The first kappa shape index (κ1) is 30.4. The fourth-order valence-corrected chi connectivity index (χ4v) is 5.64. The molecule has 10 nitrogen and oxygen atoms in total. The molecule has 1 fully saturated rings. The van der Waals surface area contributed by atoms with E-state index in [0.717, 1.165) is 5.56 Å². The van der Waals surface area contributed by atoms with Crippen LogP contribution in [0.2, 0.25) is 5.02 Å². The van der Waals surface area contributed by atoms with Crippen molar-refractivity contribution in [3.8, 4) is 11.3 Å².